The summed E-state index contributed by atoms with van der Waals surface area (Å²) in [4.78, 5) is 0. The third-order valence-corrected chi connectivity index (χ3v) is 4.24. The zero-order valence-corrected chi connectivity index (χ0v) is 13.1. The van der Waals surface area contributed by atoms with Gasteiger partial charge >= 0.3 is 0 Å². The number of ether oxygens (including phenoxy) is 2. The van der Waals surface area contributed by atoms with Crippen LogP contribution in [0.2, 0.25) is 0 Å². The lowest BCUT2D eigenvalue weighted by atomic mass is 9.88. The largest absolute Gasteiger partial charge is 0.396 e. The highest BCUT2D eigenvalue weighted by Crippen LogP contribution is 2.24. The summed E-state index contributed by atoms with van der Waals surface area (Å²) in [6.07, 6.45) is -3.94. The zero-order chi connectivity index (χ0) is 17.4. The van der Waals surface area contributed by atoms with Gasteiger partial charge in [0.05, 0.1) is 13.2 Å². The van der Waals surface area contributed by atoms with Crippen LogP contribution in [0.1, 0.15) is 12.8 Å². The third-order valence-electron chi connectivity index (χ3n) is 4.24. The third kappa shape index (κ3) is 5.47. The van der Waals surface area contributed by atoms with Gasteiger partial charge in [0.2, 0.25) is 0 Å². The Morgan fingerprint density at radius 2 is 1.74 bits per heavy atom. The molecule has 0 aromatic carbocycles. The van der Waals surface area contributed by atoms with Crippen molar-refractivity contribution in [3.8, 4) is 0 Å². The molecule has 6 N–H and O–H groups in total. The number of aliphatic hydroxyl groups is 6. The van der Waals surface area contributed by atoms with Crippen LogP contribution >= 0.6 is 0 Å². The van der Waals surface area contributed by atoms with Crippen molar-refractivity contribution < 1.29 is 40.1 Å². The molecular formula is C15H28O8. The Morgan fingerprint density at radius 3 is 2.26 bits per heavy atom. The van der Waals surface area contributed by atoms with Gasteiger partial charge in [-0.2, -0.15) is 0 Å². The van der Waals surface area contributed by atoms with Gasteiger partial charge in [0.1, 0.15) is 24.4 Å². The molecule has 0 aliphatic carbocycles. The molecule has 7 atom stereocenters. The molecular weight excluding hydrogens is 308 g/mol. The fourth-order valence-electron chi connectivity index (χ4n) is 2.70. The highest BCUT2D eigenvalue weighted by molar-refractivity contribution is 4.89. The van der Waals surface area contributed by atoms with E-state index in [4.69, 9.17) is 19.7 Å². The molecule has 0 unspecified atom stereocenters. The van der Waals surface area contributed by atoms with Crippen LogP contribution in [0, 0.1) is 11.8 Å². The molecule has 1 fully saturated rings. The van der Waals surface area contributed by atoms with Crippen LogP contribution in [0.15, 0.2) is 12.7 Å². The second-order valence-corrected chi connectivity index (χ2v) is 5.71. The Labute approximate surface area is 135 Å². The highest BCUT2D eigenvalue weighted by Gasteiger charge is 2.44. The van der Waals surface area contributed by atoms with Gasteiger partial charge in [0.25, 0.3) is 0 Å². The average molecular weight is 336 g/mol. The zero-order valence-electron chi connectivity index (χ0n) is 13.1. The number of aliphatic hydroxyl groups excluding tert-OH is 6. The first kappa shape index (κ1) is 20.5. The van der Waals surface area contributed by atoms with Crippen LogP contribution in [-0.4, -0.2) is 87.8 Å². The fraction of sp³-hybridized carbons (Fsp3) is 0.867. The minimum atomic E-state index is -1.47. The molecule has 0 radical (unpaired) electrons. The smallest absolute Gasteiger partial charge is 0.186 e. The standard InChI is InChI=1S/C15H28O8/c1-2-9(7-17)10(3-5-16)4-6-22-15-14(21)13(20)12(19)11(8-18)23-15/h2,9-21H,1,3-8H2/t9-,10-,11+,12+,13-,14+,15+/m0/s1. The van der Waals surface area contributed by atoms with E-state index in [9.17, 15) is 20.4 Å². The monoisotopic (exact) mass is 336 g/mol. The van der Waals surface area contributed by atoms with E-state index in [1.807, 2.05) is 0 Å². The molecule has 0 bridgehead atoms. The van der Waals surface area contributed by atoms with Crippen LogP contribution in [-0.2, 0) is 9.47 Å². The van der Waals surface area contributed by atoms with Gasteiger partial charge in [-0.1, -0.05) is 6.08 Å². The molecule has 8 heteroatoms. The Kier molecular flexibility index (Phi) is 9.18. The van der Waals surface area contributed by atoms with Crippen molar-refractivity contribution >= 4 is 0 Å². The van der Waals surface area contributed by atoms with Crippen molar-refractivity contribution in [2.24, 2.45) is 11.8 Å². The number of hydrogen-bond acceptors (Lipinski definition) is 8. The minimum Gasteiger partial charge on any atom is -0.396 e. The van der Waals surface area contributed by atoms with Crippen molar-refractivity contribution in [2.75, 3.05) is 26.4 Å². The normalized spacial score (nSPS) is 34.1. The van der Waals surface area contributed by atoms with E-state index in [0.29, 0.717) is 12.8 Å². The van der Waals surface area contributed by atoms with Crippen molar-refractivity contribution in [1.82, 2.24) is 0 Å². The highest BCUT2D eigenvalue weighted by atomic mass is 16.7. The van der Waals surface area contributed by atoms with Crippen molar-refractivity contribution in [2.45, 2.75) is 43.5 Å². The molecule has 1 saturated heterocycles. The second-order valence-electron chi connectivity index (χ2n) is 5.71. The van der Waals surface area contributed by atoms with Crippen LogP contribution in [0.4, 0.5) is 0 Å². The van der Waals surface area contributed by atoms with E-state index >= 15 is 0 Å². The lowest BCUT2D eigenvalue weighted by Gasteiger charge is -2.39. The van der Waals surface area contributed by atoms with Crippen molar-refractivity contribution in [1.29, 1.82) is 0 Å². The molecule has 1 rings (SSSR count). The Balaban J connectivity index is 2.53. The van der Waals surface area contributed by atoms with Gasteiger partial charge in [-0.15, -0.1) is 6.58 Å². The summed E-state index contributed by atoms with van der Waals surface area (Å²) in [5, 5.41) is 56.7. The molecule has 136 valence electrons. The lowest BCUT2D eigenvalue weighted by molar-refractivity contribution is -0.301. The fourth-order valence-corrected chi connectivity index (χ4v) is 2.70. The molecule has 8 nitrogen and oxygen atoms in total. The summed E-state index contributed by atoms with van der Waals surface area (Å²) in [5.41, 5.74) is 0. The molecule has 1 aliphatic heterocycles. The Bertz CT molecular complexity index is 337. The Hall–Kier alpha value is -0.580. The summed E-state index contributed by atoms with van der Waals surface area (Å²) in [6.45, 7) is 3.16. The van der Waals surface area contributed by atoms with E-state index in [-0.39, 0.29) is 31.7 Å². The second kappa shape index (κ2) is 10.3. The van der Waals surface area contributed by atoms with E-state index in [2.05, 4.69) is 6.58 Å². The molecule has 0 saturated carbocycles. The lowest BCUT2D eigenvalue weighted by Crippen LogP contribution is -2.59. The molecule has 0 aromatic heterocycles. The van der Waals surface area contributed by atoms with Crippen molar-refractivity contribution in [3.63, 3.8) is 0 Å². The number of rotatable bonds is 10. The quantitative estimate of drug-likeness (QED) is 0.251. The van der Waals surface area contributed by atoms with Gasteiger partial charge in [0, 0.05) is 19.1 Å². The minimum absolute atomic E-state index is 0.0327. The predicted molar refractivity (Wildman–Crippen MR) is 80.3 cm³/mol. The van der Waals surface area contributed by atoms with Crippen molar-refractivity contribution in [3.05, 3.63) is 12.7 Å². The van der Waals surface area contributed by atoms with Gasteiger partial charge in [0.15, 0.2) is 6.29 Å². The van der Waals surface area contributed by atoms with E-state index in [1.54, 1.807) is 6.08 Å². The van der Waals surface area contributed by atoms with Crippen LogP contribution < -0.4 is 0 Å². The van der Waals surface area contributed by atoms with E-state index in [1.165, 1.54) is 0 Å². The molecule has 0 amide bonds. The van der Waals surface area contributed by atoms with Crippen LogP contribution in [0.3, 0.4) is 0 Å². The summed E-state index contributed by atoms with van der Waals surface area (Å²) in [5.74, 6) is -0.229. The summed E-state index contributed by atoms with van der Waals surface area (Å²) in [6, 6.07) is 0. The van der Waals surface area contributed by atoms with Gasteiger partial charge in [-0.3, -0.25) is 0 Å². The summed E-state index contributed by atoms with van der Waals surface area (Å²) < 4.78 is 10.6. The van der Waals surface area contributed by atoms with Gasteiger partial charge in [-0.05, 0) is 18.8 Å². The van der Waals surface area contributed by atoms with Crippen LogP contribution in [0.5, 0.6) is 0 Å². The van der Waals surface area contributed by atoms with E-state index in [0.717, 1.165) is 0 Å². The predicted octanol–water partition coefficient (Wildman–Crippen LogP) is -2.01. The average Bonchev–Trinajstić information content (AvgIpc) is 2.56. The molecule has 1 heterocycles. The van der Waals surface area contributed by atoms with Gasteiger partial charge in [-0.25, -0.2) is 0 Å². The van der Waals surface area contributed by atoms with Gasteiger partial charge < -0.3 is 40.1 Å². The maximum absolute atomic E-state index is 9.85. The summed E-state index contributed by atoms with van der Waals surface area (Å²) in [7, 11) is 0. The first-order valence-corrected chi connectivity index (χ1v) is 7.76. The topological polar surface area (TPSA) is 140 Å². The SMILES string of the molecule is C=C[C@@H](CO)[C@@H](CCO)CCO[C@@H]1O[C@H](CO)[C@@H](O)[C@H](O)[C@H]1O. The molecule has 23 heavy (non-hydrogen) atoms. The first-order chi connectivity index (χ1) is 11.0. The first-order valence-electron chi connectivity index (χ1n) is 7.76. The van der Waals surface area contributed by atoms with E-state index < -0.39 is 37.3 Å². The Morgan fingerprint density at radius 1 is 1.04 bits per heavy atom. The molecule has 1 aliphatic rings. The summed E-state index contributed by atoms with van der Waals surface area (Å²) >= 11 is 0. The number of hydrogen-bond donors (Lipinski definition) is 6. The maximum Gasteiger partial charge on any atom is 0.186 e. The van der Waals surface area contributed by atoms with Crippen LogP contribution in [0.25, 0.3) is 0 Å². The molecule has 0 aromatic rings. The maximum atomic E-state index is 9.85. The molecule has 0 spiro atoms.